The van der Waals surface area contributed by atoms with Gasteiger partial charge in [0.25, 0.3) is 11.5 Å². The van der Waals surface area contributed by atoms with Crippen LogP contribution in [0, 0.1) is 0 Å². The summed E-state index contributed by atoms with van der Waals surface area (Å²) < 4.78 is 1.36. The molecule has 3 aromatic rings. The molecule has 138 valence electrons. The lowest BCUT2D eigenvalue weighted by molar-refractivity contribution is 0.0949. The molecule has 7 heteroatoms. The predicted molar refractivity (Wildman–Crippen MR) is 105 cm³/mol. The number of aromatic nitrogens is 3. The second kappa shape index (κ2) is 8.35. The smallest absolute Gasteiger partial charge is 0.267 e. The molecular formula is C20H21N5O2. The number of carbonyl (C=O) groups excluding carboxylic acids is 1. The minimum atomic E-state index is -0.459. The van der Waals surface area contributed by atoms with E-state index in [-0.39, 0.29) is 11.3 Å². The highest BCUT2D eigenvalue weighted by molar-refractivity contribution is 6.06. The highest BCUT2D eigenvalue weighted by Gasteiger charge is 2.16. The Hall–Kier alpha value is -3.35. The van der Waals surface area contributed by atoms with Gasteiger partial charge in [-0.15, -0.1) is 0 Å². The Balaban J connectivity index is 1.96. The molecule has 0 spiro atoms. The molecule has 0 saturated carbocycles. The molecule has 1 N–H and O–H groups in total. The zero-order valence-corrected chi connectivity index (χ0v) is 15.3. The molecule has 0 fully saturated rings. The largest absolute Gasteiger partial charge is 0.292 e. The highest BCUT2D eigenvalue weighted by Crippen LogP contribution is 2.13. The maximum Gasteiger partial charge on any atom is 0.292 e. The molecule has 1 aromatic carbocycles. The Labute approximate surface area is 156 Å². The van der Waals surface area contributed by atoms with E-state index < -0.39 is 5.91 Å². The van der Waals surface area contributed by atoms with Crippen molar-refractivity contribution in [2.45, 2.75) is 33.2 Å². The SMILES string of the molecule is CCCCn1nc(C(=O)N/N=C(\C)c2cccnc2)c2ccccc2c1=O. The first-order valence-corrected chi connectivity index (χ1v) is 8.86. The number of benzene rings is 1. The molecule has 3 rings (SSSR count). The lowest BCUT2D eigenvalue weighted by atomic mass is 10.1. The van der Waals surface area contributed by atoms with E-state index in [1.54, 1.807) is 49.6 Å². The molecule has 1 amide bonds. The molecular weight excluding hydrogens is 342 g/mol. The first-order chi connectivity index (χ1) is 13.1. The van der Waals surface area contributed by atoms with Gasteiger partial charge in [0.05, 0.1) is 11.1 Å². The van der Waals surface area contributed by atoms with Gasteiger partial charge in [-0.3, -0.25) is 14.6 Å². The van der Waals surface area contributed by atoms with Crippen LogP contribution in [0.3, 0.4) is 0 Å². The van der Waals surface area contributed by atoms with E-state index in [0.29, 0.717) is 23.0 Å². The standard InChI is InChI=1S/C20H21N5O2/c1-3-4-12-25-20(27)17-10-6-5-9-16(17)18(24-25)19(26)23-22-14(2)15-8-7-11-21-13-15/h5-11,13H,3-4,12H2,1-2H3,(H,23,26)/b22-14+. The molecule has 0 unspecified atom stereocenters. The van der Waals surface area contributed by atoms with Gasteiger partial charge in [-0.25, -0.2) is 10.1 Å². The first-order valence-electron chi connectivity index (χ1n) is 8.86. The van der Waals surface area contributed by atoms with Crippen molar-refractivity contribution >= 4 is 22.4 Å². The molecule has 2 heterocycles. The van der Waals surface area contributed by atoms with Gasteiger partial charge in [0.1, 0.15) is 0 Å². The highest BCUT2D eigenvalue weighted by atomic mass is 16.2. The fourth-order valence-corrected chi connectivity index (χ4v) is 2.69. The van der Waals surface area contributed by atoms with Crippen molar-refractivity contribution in [1.29, 1.82) is 0 Å². The van der Waals surface area contributed by atoms with Crippen LogP contribution in [0.25, 0.3) is 10.8 Å². The number of hydrogen-bond donors (Lipinski definition) is 1. The lowest BCUT2D eigenvalue weighted by Crippen LogP contribution is -2.29. The van der Waals surface area contributed by atoms with Crippen LogP contribution in [0.2, 0.25) is 0 Å². The maximum absolute atomic E-state index is 12.7. The molecule has 0 atom stereocenters. The van der Waals surface area contributed by atoms with Crippen molar-refractivity contribution in [2.75, 3.05) is 0 Å². The third-order valence-electron chi connectivity index (χ3n) is 4.21. The molecule has 27 heavy (non-hydrogen) atoms. The van der Waals surface area contributed by atoms with Crippen LogP contribution in [0.4, 0.5) is 0 Å². The van der Waals surface area contributed by atoms with Crippen LogP contribution in [0.5, 0.6) is 0 Å². The second-order valence-electron chi connectivity index (χ2n) is 6.16. The van der Waals surface area contributed by atoms with Gasteiger partial charge in [0.15, 0.2) is 5.69 Å². The zero-order chi connectivity index (χ0) is 19.2. The average Bonchev–Trinajstić information content (AvgIpc) is 2.72. The van der Waals surface area contributed by atoms with E-state index in [1.165, 1.54) is 4.68 Å². The van der Waals surface area contributed by atoms with E-state index in [0.717, 1.165) is 18.4 Å². The number of hydrazone groups is 1. The fraction of sp³-hybridized carbons (Fsp3) is 0.250. The van der Waals surface area contributed by atoms with Crippen LogP contribution in [0.1, 0.15) is 42.7 Å². The number of pyridine rings is 1. The average molecular weight is 363 g/mol. The van der Waals surface area contributed by atoms with Gasteiger partial charge in [-0.2, -0.15) is 10.2 Å². The van der Waals surface area contributed by atoms with Crippen LogP contribution >= 0.6 is 0 Å². The van der Waals surface area contributed by atoms with Gasteiger partial charge in [0, 0.05) is 29.9 Å². The number of hydrogen-bond acceptors (Lipinski definition) is 5. The normalized spacial score (nSPS) is 11.6. The number of nitrogens with zero attached hydrogens (tertiary/aromatic N) is 4. The van der Waals surface area contributed by atoms with Crippen LogP contribution < -0.4 is 11.0 Å². The molecule has 0 aliphatic heterocycles. The second-order valence-corrected chi connectivity index (χ2v) is 6.16. The third-order valence-corrected chi connectivity index (χ3v) is 4.21. The number of nitrogens with one attached hydrogen (secondary N) is 1. The van der Waals surface area contributed by atoms with Crippen molar-refractivity contribution in [1.82, 2.24) is 20.2 Å². The zero-order valence-electron chi connectivity index (χ0n) is 15.3. The first kappa shape index (κ1) is 18.4. The number of carbonyl (C=O) groups is 1. The van der Waals surface area contributed by atoms with Crippen molar-refractivity contribution in [2.24, 2.45) is 5.10 Å². The molecule has 0 aliphatic carbocycles. The predicted octanol–water partition coefficient (Wildman–Crippen LogP) is 2.75. The van der Waals surface area contributed by atoms with Gasteiger partial charge in [-0.05, 0) is 25.5 Å². The molecule has 2 aromatic heterocycles. The van der Waals surface area contributed by atoms with Crippen LogP contribution in [0.15, 0.2) is 58.7 Å². The van der Waals surface area contributed by atoms with Gasteiger partial charge in [0.2, 0.25) is 0 Å². The van der Waals surface area contributed by atoms with Crippen molar-refractivity contribution in [3.8, 4) is 0 Å². The van der Waals surface area contributed by atoms with E-state index in [2.05, 4.69) is 20.6 Å². The van der Waals surface area contributed by atoms with Crippen molar-refractivity contribution in [3.63, 3.8) is 0 Å². The fourth-order valence-electron chi connectivity index (χ4n) is 2.69. The number of aryl methyl sites for hydroxylation is 1. The summed E-state index contributed by atoms with van der Waals surface area (Å²) in [5, 5.41) is 9.43. The number of amides is 1. The Morgan fingerprint density at radius 3 is 2.67 bits per heavy atom. The third kappa shape index (κ3) is 4.08. The molecule has 0 bridgehead atoms. The summed E-state index contributed by atoms with van der Waals surface area (Å²) >= 11 is 0. The topological polar surface area (TPSA) is 89.2 Å². The Kier molecular flexibility index (Phi) is 5.71. The van der Waals surface area contributed by atoms with E-state index in [1.807, 2.05) is 13.0 Å². The van der Waals surface area contributed by atoms with E-state index in [9.17, 15) is 9.59 Å². The molecule has 7 nitrogen and oxygen atoms in total. The van der Waals surface area contributed by atoms with Gasteiger partial charge < -0.3 is 0 Å². The Bertz CT molecular complexity index is 1040. The number of fused-ring (bicyclic) bond motifs is 1. The summed E-state index contributed by atoms with van der Waals surface area (Å²) in [6.45, 7) is 4.29. The Morgan fingerprint density at radius 1 is 1.19 bits per heavy atom. The van der Waals surface area contributed by atoms with Crippen molar-refractivity contribution in [3.05, 3.63) is 70.4 Å². The van der Waals surface area contributed by atoms with E-state index in [4.69, 9.17) is 0 Å². The monoisotopic (exact) mass is 363 g/mol. The summed E-state index contributed by atoms with van der Waals surface area (Å²) in [4.78, 5) is 29.4. The minimum absolute atomic E-state index is 0.184. The number of rotatable bonds is 6. The lowest BCUT2D eigenvalue weighted by Gasteiger charge is -2.10. The Morgan fingerprint density at radius 2 is 1.96 bits per heavy atom. The number of unbranched alkanes of at least 4 members (excludes halogenated alkanes) is 1. The van der Waals surface area contributed by atoms with Crippen LogP contribution in [-0.4, -0.2) is 26.4 Å². The van der Waals surface area contributed by atoms with Gasteiger partial charge >= 0.3 is 0 Å². The maximum atomic E-state index is 12.7. The van der Waals surface area contributed by atoms with Crippen molar-refractivity contribution < 1.29 is 4.79 Å². The summed E-state index contributed by atoms with van der Waals surface area (Å²) in [5.74, 6) is -0.459. The van der Waals surface area contributed by atoms with Crippen LogP contribution in [-0.2, 0) is 6.54 Å². The molecule has 0 saturated heterocycles. The van der Waals surface area contributed by atoms with E-state index >= 15 is 0 Å². The quantitative estimate of drug-likeness (QED) is 0.539. The minimum Gasteiger partial charge on any atom is -0.267 e. The summed E-state index contributed by atoms with van der Waals surface area (Å²) in [7, 11) is 0. The summed E-state index contributed by atoms with van der Waals surface area (Å²) in [5.41, 5.74) is 3.96. The molecule has 0 radical (unpaired) electrons. The van der Waals surface area contributed by atoms with Gasteiger partial charge in [-0.1, -0.05) is 37.6 Å². The molecule has 0 aliphatic rings. The summed E-state index contributed by atoms with van der Waals surface area (Å²) in [6.07, 6.45) is 5.08. The summed E-state index contributed by atoms with van der Waals surface area (Å²) in [6, 6.07) is 10.6.